The summed E-state index contributed by atoms with van der Waals surface area (Å²) in [5.74, 6) is -2.80. The predicted molar refractivity (Wildman–Crippen MR) is 131 cm³/mol. The summed E-state index contributed by atoms with van der Waals surface area (Å²) in [6.07, 6.45) is 3.35. The number of aryl methyl sites for hydroxylation is 1. The second-order valence-electron chi connectivity index (χ2n) is 9.81. The molecule has 4 N–H and O–H groups in total. The van der Waals surface area contributed by atoms with Gasteiger partial charge in [-0.2, -0.15) is 5.26 Å². The molecule has 1 aromatic carbocycles. The highest BCUT2D eigenvalue weighted by molar-refractivity contribution is 6.10. The highest BCUT2D eigenvalue weighted by Gasteiger charge is 2.52. The van der Waals surface area contributed by atoms with Gasteiger partial charge in [0, 0.05) is 32.7 Å². The smallest absolute Gasteiger partial charge is 0.300 e. The van der Waals surface area contributed by atoms with Gasteiger partial charge in [-0.25, -0.2) is 0 Å². The molecule has 3 aliphatic heterocycles. The van der Waals surface area contributed by atoms with Crippen LogP contribution >= 0.6 is 0 Å². The number of hydrogen-bond donors (Lipinski definition) is 4. The third kappa shape index (κ3) is 5.28. The standard InChI is InChI=1S/C26H33N5O5/c1-17-13-18(14-27)4-5-22(17)19-6-10-30(11-7-19)24(34)26(36,25(35)31-12-8-21(32)16-31)29-23(33)20-3-2-9-28-15-20/h4-6,13,20-21,28,32,36H,2-3,7-12,15-16H2,1H3,(H,29,33)/t20?,21-,26?/m1/s1. The molecule has 0 bridgehead atoms. The lowest BCUT2D eigenvalue weighted by Gasteiger charge is -2.37. The minimum absolute atomic E-state index is 0.00268. The summed E-state index contributed by atoms with van der Waals surface area (Å²) in [5.41, 5.74) is 0.776. The van der Waals surface area contributed by atoms with Crippen LogP contribution in [0.2, 0.25) is 0 Å². The number of aliphatic hydroxyl groups is 2. The Kier molecular flexibility index (Phi) is 7.73. The average Bonchev–Trinajstić information content (AvgIpc) is 3.34. The molecule has 10 nitrogen and oxygen atoms in total. The Balaban J connectivity index is 1.54. The number of benzene rings is 1. The molecule has 3 atom stereocenters. The van der Waals surface area contributed by atoms with Crippen molar-refractivity contribution in [3.63, 3.8) is 0 Å². The lowest BCUT2D eigenvalue weighted by atomic mass is 9.93. The van der Waals surface area contributed by atoms with Crippen LogP contribution in [0.3, 0.4) is 0 Å². The largest absolute Gasteiger partial charge is 0.391 e. The van der Waals surface area contributed by atoms with Gasteiger partial charge in [0.1, 0.15) is 0 Å². The molecule has 36 heavy (non-hydrogen) atoms. The van der Waals surface area contributed by atoms with Gasteiger partial charge in [-0.05, 0) is 68.0 Å². The van der Waals surface area contributed by atoms with E-state index in [1.807, 2.05) is 25.1 Å². The predicted octanol–water partition coefficient (Wildman–Crippen LogP) is -0.120. The number of hydrogen-bond acceptors (Lipinski definition) is 7. The van der Waals surface area contributed by atoms with Crippen LogP contribution in [0.25, 0.3) is 5.57 Å². The number of carbonyl (C=O) groups is 3. The first kappa shape index (κ1) is 25.8. The van der Waals surface area contributed by atoms with Crippen LogP contribution in [0.5, 0.6) is 0 Å². The zero-order valence-electron chi connectivity index (χ0n) is 20.5. The molecule has 0 spiro atoms. The van der Waals surface area contributed by atoms with Crippen molar-refractivity contribution in [2.75, 3.05) is 39.3 Å². The molecular formula is C26H33N5O5. The van der Waals surface area contributed by atoms with E-state index in [1.165, 1.54) is 9.80 Å². The summed E-state index contributed by atoms with van der Waals surface area (Å²) in [6, 6.07) is 7.56. The first-order chi connectivity index (χ1) is 17.2. The highest BCUT2D eigenvalue weighted by atomic mass is 16.3. The van der Waals surface area contributed by atoms with Gasteiger partial charge >= 0.3 is 0 Å². The van der Waals surface area contributed by atoms with E-state index in [-0.39, 0.29) is 26.2 Å². The lowest BCUT2D eigenvalue weighted by molar-refractivity contribution is -0.174. The minimum Gasteiger partial charge on any atom is -0.391 e. The molecule has 0 saturated carbocycles. The van der Waals surface area contributed by atoms with Gasteiger partial charge in [0.15, 0.2) is 0 Å². The third-order valence-corrected chi connectivity index (χ3v) is 7.24. The SMILES string of the molecule is Cc1cc(C#N)ccc1C1=CCN(C(=O)C(O)(NC(=O)C2CCCNC2)C(=O)N2CC[C@@H](O)C2)CC1. The summed E-state index contributed by atoms with van der Waals surface area (Å²) in [5, 5.41) is 36.0. The molecule has 2 saturated heterocycles. The van der Waals surface area contributed by atoms with E-state index in [1.54, 1.807) is 6.07 Å². The van der Waals surface area contributed by atoms with E-state index < -0.39 is 35.5 Å². The van der Waals surface area contributed by atoms with Gasteiger partial charge in [-0.3, -0.25) is 14.4 Å². The topological polar surface area (TPSA) is 146 Å². The Morgan fingerprint density at radius 2 is 1.97 bits per heavy atom. The number of β-amino-alcohol motifs (C(OH)–C–C–N with tert-alkyl or cyclic N) is 1. The number of likely N-dealkylation sites (tertiary alicyclic amines) is 1. The molecular weight excluding hydrogens is 462 g/mol. The van der Waals surface area contributed by atoms with Crippen LogP contribution < -0.4 is 10.6 Å². The summed E-state index contributed by atoms with van der Waals surface area (Å²) >= 11 is 0. The number of nitrogens with one attached hydrogen (secondary N) is 2. The fraction of sp³-hybridized carbons (Fsp3) is 0.538. The average molecular weight is 496 g/mol. The molecule has 0 radical (unpaired) electrons. The summed E-state index contributed by atoms with van der Waals surface area (Å²) in [4.78, 5) is 42.5. The summed E-state index contributed by atoms with van der Waals surface area (Å²) < 4.78 is 0. The molecule has 0 aliphatic carbocycles. The van der Waals surface area contributed by atoms with Crippen molar-refractivity contribution in [1.82, 2.24) is 20.4 Å². The van der Waals surface area contributed by atoms with E-state index in [2.05, 4.69) is 16.7 Å². The molecule has 0 aromatic heterocycles. The van der Waals surface area contributed by atoms with Crippen LogP contribution in [0.1, 0.15) is 42.4 Å². The normalized spacial score (nSPS) is 23.9. The Morgan fingerprint density at radius 1 is 1.19 bits per heavy atom. The van der Waals surface area contributed by atoms with E-state index in [4.69, 9.17) is 5.26 Å². The maximum absolute atomic E-state index is 13.6. The van der Waals surface area contributed by atoms with Crippen molar-refractivity contribution < 1.29 is 24.6 Å². The lowest BCUT2D eigenvalue weighted by Crippen LogP contribution is -2.69. The quantitative estimate of drug-likeness (QED) is 0.329. The number of aliphatic hydroxyl groups excluding tert-OH is 1. The molecule has 192 valence electrons. The zero-order valence-corrected chi connectivity index (χ0v) is 20.5. The Morgan fingerprint density at radius 3 is 2.56 bits per heavy atom. The number of nitriles is 1. The van der Waals surface area contributed by atoms with Crippen LogP contribution in [0.4, 0.5) is 0 Å². The molecule has 3 aliphatic rings. The second kappa shape index (κ2) is 10.8. The van der Waals surface area contributed by atoms with Crippen molar-refractivity contribution in [1.29, 1.82) is 5.26 Å². The van der Waals surface area contributed by atoms with Crippen molar-refractivity contribution in [2.24, 2.45) is 5.92 Å². The van der Waals surface area contributed by atoms with E-state index >= 15 is 0 Å². The molecule has 3 amide bonds. The molecule has 2 fully saturated rings. The van der Waals surface area contributed by atoms with Gasteiger partial charge < -0.3 is 30.6 Å². The Labute approximate surface area is 210 Å². The first-order valence-corrected chi connectivity index (χ1v) is 12.4. The van der Waals surface area contributed by atoms with Crippen LogP contribution in [0.15, 0.2) is 24.3 Å². The van der Waals surface area contributed by atoms with Gasteiger partial charge in [-0.1, -0.05) is 12.1 Å². The van der Waals surface area contributed by atoms with Crippen molar-refractivity contribution >= 4 is 23.3 Å². The van der Waals surface area contributed by atoms with E-state index in [0.717, 1.165) is 29.7 Å². The van der Waals surface area contributed by atoms with Gasteiger partial charge in [0.25, 0.3) is 17.5 Å². The molecule has 3 heterocycles. The Bertz CT molecular complexity index is 1110. The monoisotopic (exact) mass is 495 g/mol. The molecule has 4 rings (SSSR count). The second-order valence-corrected chi connectivity index (χ2v) is 9.81. The number of rotatable bonds is 5. The van der Waals surface area contributed by atoms with Crippen LogP contribution in [-0.4, -0.2) is 88.8 Å². The maximum atomic E-state index is 13.6. The van der Waals surface area contributed by atoms with Crippen LogP contribution in [-0.2, 0) is 14.4 Å². The van der Waals surface area contributed by atoms with Crippen LogP contribution in [0, 0.1) is 24.2 Å². The van der Waals surface area contributed by atoms with Crippen molar-refractivity contribution in [2.45, 2.75) is 44.4 Å². The summed E-state index contributed by atoms with van der Waals surface area (Å²) in [7, 11) is 0. The number of carbonyl (C=O) groups excluding carboxylic acids is 3. The fourth-order valence-electron chi connectivity index (χ4n) is 5.13. The maximum Gasteiger partial charge on any atom is 0.300 e. The molecule has 10 heteroatoms. The minimum atomic E-state index is -2.74. The highest BCUT2D eigenvalue weighted by Crippen LogP contribution is 2.27. The number of amides is 3. The fourth-order valence-corrected chi connectivity index (χ4v) is 5.13. The van der Waals surface area contributed by atoms with Gasteiger partial charge in [0.05, 0.1) is 23.7 Å². The third-order valence-electron chi connectivity index (χ3n) is 7.24. The first-order valence-electron chi connectivity index (χ1n) is 12.4. The number of nitrogens with zero attached hydrogens (tertiary/aromatic N) is 3. The number of piperidine rings is 1. The van der Waals surface area contributed by atoms with Gasteiger partial charge in [-0.15, -0.1) is 0 Å². The molecule has 1 aromatic rings. The van der Waals surface area contributed by atoms with E-state index in [9.17, 15) is 24.6 Å². The van der Waals surface area contributed by atoms with Gasteiger partial charge in [0.2, 0.25) is 5.91 Å². The van der Waals surface area contributed by atoms with Crippen molar-refractivity contribution in [3.8, 4) is 6.07 Å². The van der Waals surface area contributed by atoms with E-state index in [0.29, 0.717) is 31.4 Å². The summed E-state index contributed by atoms with van der Waals surface area (Å²) in [6.45, 7) is 3.73. The molecule has 2 unspecified atom stereocenters. The van der Waals surface area contributed by atoms with Crippen molar-refractivity contribution in [3.05, 3.63) is 41.0 Å². The Hall–Kier alpha value is -3.26. The zero-order chi connectivity index (χ0) is 25.9.